The Labute approximate surface area is 513 Å². The third-order valence-corrected chi connectivity index (χ3v) is 17.5. The molecule has 1 unspecified atom stereocenters. The van der Waals surface area contributed by atoms with E-state index in [9.17, 15) is 14.4 Å². The lowest BCUT2D eigenvalue weighted by atomic mass is 10.0. The number of carbonyl (C=O) groups excluding carboxylic acids is 3. The SMILES string of the molecule is CCCCCCCCC/C=C\CCCCCCCC(=O)OC(COC(=O)CCCCCCCCCCCCCCCCC)COC(=O)CCCCCCCCCCCCCCCCCCCCCCCCCCCCCCCCCCC. The van der Waals surface area contributed by atoms with Gasteiger partial charge in [0.1, 0.15) is 13.2 Å². The average molecular weight is 1160 g/mol. The fraction of sp³-hybridized carbons (Fsp3) is 0.934. The summed E-state index contributed by atoms with van der Waals surface area (Å²) in [6.45, 7) is 6.72. The van der Waals surface area contributed by atoms with Gasteiger partial charge in [-0.05, 0) is 44.9 Å². The van der Waals surface area contributed by atoms with Crippen molar-refractivity contribution in [1.82, 2.24) is 0 Å². The van der Waals surface area contributed by atoms with Crippen LogP contribution in [-0.2, 0) is 28.6 Å². The average Bonchev–Trinajstić information content (AvgIpc) is 3.47. The second-order valence-corrected chi connectivity index (χ2v) is 25.9. The van der Waals surface area contributed by atoms with Crippen LogP contribution < -0.4 is 0 Å². The number of rotatable bonds is 71. The molecule has 6 nitrogen and oxygen atoms in total. The van der Waals surface area contributed by atoms with Crippen molar-refractivity contribution in [3.05, 3.63) is 12.2 Å². The summed E-state index contributed by atoms with van der Waals surface area (Å²) in [7, 11) is 0. The molecule has 1 atom stereocenters. The lowest BCUT2D eigenvalue weighted by Crippen LogP contribution is -2.30. The Morgan fingerprint density at radius 1 is 0.232 bits per heavy atom. The van der Waals surface area contributed by atoms with E-state index in [1.54, 1.807) is 0 Å². The second kappa shape index (κ2) is 71.6. The van der Waals surface area contributed by atoms with Crippen LogP contribution in [0.25, 0.3) is 0 Å². The minimum atomic E-state index is -0.771. The van der Waals surface area contributed by atoms with Crippen LogP contribution in [0.2, 0.25) is 0 Å². The van der Waals surface area contributed by atoms with Crippen molar-refractivity contribution in [3.63, 3.8) is 0 Å². The van der Waals surface area contributed by atoms with Crippen molar-refractivity contribution in [3.8, 4) is 0 Å². The molecule has 82 heavy (non-hydrogen) atoms. The summed E-state index contributed by atoms with van der Waals surface area (Å²) in [6.07, 6.45) is 87.0. The van der Waals surface area contributed by atoms with Gasteiger partial charge in [-0.1, -0.05) is 386 Å². The largest absolute Gasteiger partial charge is 0.462 e. The molecule has 0 heterocycles. The fourth-order valence-electron chi connectivity index (χ4n) is 11.9. The monoisotopic (exact) mass is 1160 g/mol. The summed E-state index contributed by atoms with van der Waals surface area (Å²) in [5.41, 5.74) is 0. The van der Waals surface area contributed by atoms with Gasteiger partial charge in [-0.15, -0.1) is 0 Å². The molecule has 0 aromatic heterocycles. The molecule has 0 fully saturated rings. The predicted molar refractivity (Wildman–Crippen MR) is 358 cm³/mol. The lowest BCUT2D eigenvalue weighted by molar-refractivity contribution is -0.167. The predicted octanol–water partition coefficient (Wildman–Crippen LogP) is 26.0. The maximum absolute atomic E-state index is 12.9. The van der Waals surface area contributed by atoms with Crippen molar-refractivity contribution in [2.45, 2.75) is 444 Å². The summed E-state index contributed by atoms with van der Waals surface area (Å²) < 4.78 is 17.0. The number of esters is 3. The lowest BCUT2D eigenvalue weighted by Gasteiger charge is -2.18. The van der Waals surface area contributed by atoms with Gasteiger partial charge in [0.05, 0.1) is 0 Å². The van der Waals surface area contributed by atoms with E-state index in [4.69, 9.17) is 14.2 Å². The van der Waals surface area contributed by atoms with E-state index in [1.165, 1.54) is 334 Å². The van der Waals surface area contributed by atoms with Gasteiger partial charge in [0.15, 0.2) is 6.10 Å². The van der Waals surface area contributed by atoms with E-state index in [-0.39, 0.29) is 31.1 Å². The summed E-state index contributed by atoms with van der Waals surface area (Å²) in [5, 5.41) is 0. The minimum Gasteiger partial charge on any atom is -0.462 e. The molecule has 0 radical (unpaired) electrons. The molecule has 0 spiro atoms. The van der Waals surface area contributed by atoms with Crippen LogP contribution in [0.1, 0.15) is 438 Å². The molecule has 6 heteroatoms. The van der Waals surface area contributed by atoms with E-state index in [0.717, 1.165) is 64.2 Å². The zero-order chi connectivity index (χ0) is 59.2. The molecule has 486 valence electrons. The molecule has 0 saturated heterocycles. The zero-order valence-corrected chi connectivity index (χ0v) is 56.1. The zero-order valence-electron chi connectivity index (χ0n) is 56.1. The molecule has 0 saturated carbocycles. The van der Waals surface area contributed by atoms with E-state index in [0.29, 0.717) is 19.3 Å². The van der Waals surface area contributed by atoms with Crippen LogP contribution in [0, 0.1) is 0 Å². The first-order valence-electron chi connectivity index (χ1n) is 37.7. The van der Waals surface area contributed by atoms with Gasteiger partial charge in [-0.2, -0.15) is 0 Å². The highest BCUT2D eigenvalue weighted by molar-refractivity contribution is 5.71. The Hall–Kier alpha value is -1.85. The molecule has 0 rings (SSSR count). The molecule has 0 aromatic rings. The van der Waals surface area contributed by atoms with E-state index in [2.05, 4.69) is 32.9 Å². The third kappa shape index (κ3) is 68.9. The Morgan fingerprint density at radius 2 is 0.402 bits per heavy atom. The highest BCUT2D eigenvalue weighted by Crippen LogP contribution is 2.20. The number of carbonyl (C=O) groups is 3. The van der Waals surface area contributed by atoms with Crippen LogP contribution in [-0.4, -0.2) is 37.2 Å². The highest BCUT2D eigenvalue weighted by atomic mass is 16.6. The van der Waals surface area contributed by atoms with Gasteiger partial charge in [0, 0.05) is 19.3 Å². The molecule has 0 N–H and O–H groups in total. The first kappa shape index (κ1) is 80.2. The highest BCUT2D eigenvalue weighted by Gasteiger charge is 2.20. The van der Waals surface area contributed by atoms with Gasteiger partial charge < -0.3 is 14.2 Å². The number of hydrogen-bond donors (Lipinski definition) is 0. The van der Waals surface area contributed by atoms with Crippen LogP contribution in [0.15, 0.2) is 12.2 Å². The molecule has 0 aliphatic carbocycles. The summed E-state index contributed by atoms with van der Waals surface area (Å²) >= 11 is 0. The first-order valence-corrected chi connectivity index (χ1v) is 37.7. The van der Waals surface area contributed by atoms with Crippen molar-refractivity contribution in [2.24, 2.45) is 0 Å². The van der Waals surface area contributed by atoms with E-state index < -0.39 is 6.10 Å². The van der Waals surface area contributed by atoms with Crippen molar-refractivity contribution < 1.29 is 28.6 Å². The number of ether oxygens (including phenoxy) is 3. The quantitative estimate of drug-likeness (QED) is 0.0261. The van der Waals surface area contributed by atoms with Gasteiger partial charge >= 0.3 is 17.9 Å². The summed E-state index contributed by atoms with van der Waals surface area (Å²) in [6, 6.07) is 0. The van der Waals surface area contributed by atoms with Gasteiger partial charge in [-0.25, -0.2) is 0 Å². The van der Waals surface area contributed by atoms with Gasteiger partial charge in [-0.3, -0.25) is 14.4 Å². The smallest absolute Gasteiger partial charge is 0.306 e. The van der Waals surface area contributed by atoms with Crippen molar-refractivity contribution in [1.29, 1.82) is 0 Å². The van der Waals surface area contributed by atoms with Gasteiger partial charge in [0.2, 0.25) is 0 Å². The van der Waals surface area contributed by atoms with Crippen LogP contribution in [0.3, 0.4) is 0 Å². The Balaban J connectivity index is 4.09. The summed E-state index contributed by atoms with van der Waals surface area (Å²) in [4.78, 5) is 38.4. The maximum atomic E-state index is 12.9. The van der Waals surface area contributed by atoms with Crippen LogP contribution in [0.4, 0.5) is 0 Å². The van der Waals surface area contributed by atoms with Crippen molar-refractivity contribution in [2.75, 3.05) is 13.2 Å². The number of allylic oxidation sites excluding steroid dienone is 2. The molecule has 0 aliphatic heterocycles. The molecule has 0 aliphatic rings. The van der Waals surface area contributed by atoms with Crippen LogP contribution >= 0.6 is 0 Å². The summed E-state index contributed by atoms with van der Waals surface area (Å²) in [5.74, 6) is -0.839. The standard InChI is InChI=1S/C76H146O6/c1-4-7-10-13-16-19-22-25-28-30-31-32-33-34-35-36-37-38-39-40-41-42-43-44-45-46-49-51-54-57-60-63-66-69-75(78)81-72-73(71-80-74(77)68-65-62-59-56-53-50-47-27-24-21-18-15-12-9-6-3)82-76(79)70-67-64-61-58-55-52-48-29-26-23-20-17-14-11-8-5-2/h29,48,73H,4-28,30-47,49-72H2,1-3H3/b48-29-. The van der Waals surface area contributed by atoms with Crippen LogP contribution in [0.5, 0.6) is 0 Å². The Morgan fingerprint density at radius 3 is 0.610 bits per heavy atom. The molecular weight excluding hydrogens is 1010 g/mol. The third-order valence-electron chi connectivity index (χ3n) is 17.5. The topological polar surface area (TPSA) is 78.9 Å². The molecule has 0 bridgehead atoms. The first-order chi connectivity index (χ1) is 40.5. The number of unbranched alkanes of at least 4 members (excludes halogenated alkanes) is 58. The molecule has 0 amide bonds. The van der Waals surface area contributed by atoms with E-state index >= 15 is 0 Å². The second-order valence-electron chi connectivity index (χ2n) is 25.9. The van der Waals surface area contributed by atoms with Crippen molar-refractivity contribution >= 4 is 17.9 Å². The normalized spacial score (nSPS) is 12.0. The Kier molecular flexibility index (Phi) is 70.0. The van der Waals surface area contributed by atoms with Gasteiger partial charge in [0.25, 0.3) is 0 Å². The molecular formula is C76H146O6. The fourth-order valence-corrected chi connectivity index (χ4v) is 11.9. The van der Waals surface area contributed by atoms with E-state index in [1.807, 2.05) is 0 Å². The molecule has 0 aromatic carbocycles. The maximum Gasteiger partial charge on any atom is 0.306 e. The number of hydrogen-bond acceptors (Lipinski definition) is 6. The Bertz CT molecular complexity index is 1280. The minimum absolute atomic E-state index is 0.0665.